The summed E-state index contributed by atoms with van der Waals surface area (Å²) in [5, 5.41) is 0. The molecule has 0 saturated carbocycles. The van der Waals surface area contributed by atoms with E-state index in [-0.39, 0.29) is 12.1 Å². The Labute approximate surface area is 170 Å². The molecule has 0 aromatic heterocycles. The number of piperidine rings is 1. The molecule has 2 aliphatic heterocycles. The number of nitrogens with zero attached hydrogens (tertiary/aromatic N) is 1. The number of halogens is 3. The molecule has 0 amide bonds. The number of benzene rings is 1. The highest BCUT2D eigenvalue weighted by molar-refractivity contribution is 5.77. The molecule has 0 bridgehead atoms. The van der Waals surface area contributed by atoms with Gasteiger partial charge in [0.05, 0.1) is 23.7 Å². The van der Waals surface area contributed by atoms with Crippen molar-refractivity contribution in [1.82, 2.24) is 4.90 Å². The van der Waals surface area contributed by atoms with E-state index in [0.29, 0.717) is 51.1 Å². The molecule has 2 fully saturated rings. The van der Waals surface area contributed by atoms with Crippen LogP contribution in [0.3, 0.4) is 0 Å². The van der Waals surface area contributed by atoms with Crippen molar-refractivity contribution in [3.8, 4) is 0 Å². The molecule has 3 rings (SSSR count). The quantitative estimate of drug-likeness (QED) is 0.628. The maximum Gasteiger partial charge on any atom is 0.416 e. The zero-order valence-electron chi connectivity index (χ0n) is 17.0. The lowest BCUT2D eigenvalue weighted by molar-refractivity contribution is -0.162. The second-order valence-electron chi connectivity index (χ2n) is 8.17. The standard InChI is InChI=1S/C22H30F3NO3/c1-2-28-20(27)21(15-19-8-3-4-13-29-19)9-11-26(12-10-21)16-17-6-5-7-18(14-17)22(23,24)25/h5-7,14,19H,2-4,8-13,15-16H2,1H3/t19-/m0/s1. The summed E-state index contributed by atoms with van der Waals surface area (Å²) in [6.45, 7) is 4.66. The van der Waals surface area contributed by atoms with Crippen LogP contribution in [0.4, 0.5) is 13.2 Å². The third kappa shape index (κ3) is 5.72. The lowest BCUT2D eigenvalue weighted by atomic mass is 9.73. The number of rotatable bonds is 6. The first-order chi connectivity index (χ1) is 13.8. The molecule has 4 nitrogen and oxygen atoms in total. The molecular formula is C22H30F3NO3. The number of esters is 1. The van der Waals surface area contributed by atoms with Crippen LogP contribution in [0.25, 0.3) is 0 Å². The fourth-order valence-corrected chi connectivity index (χ4v) is 4.42. The van der Waals surface area contributed by atoms with E-state index >= 15 is 0 Å². The number of hydrogen-bond acceptors (Lipinski definition) is 4. The number of likely N-dealkylation sites (tertiary alicyclic amines) is 1. The van der Waals surface area contributed by atoms with E-state index in [1.165, 1.54) is 12.1 Å². The maximum atomic E-state index is 13.0. The van der Waals surface area contributed by atoms with Crippen molar-refractivity contribution in [2.24, 2.45) is 5.41 Å². The van der Waals surface area contributed by atoms with Gasteiger partial charge in [0.1, 0.15) is 0 Å². The lowest BCUT2D eigenvalue weighted by Crippen LogP contribution is -2.47. The summed E-state index contributed by atoms with van der Waals surface area (Å²) in [6.07, 6.45) is 0.854. The van der Waals surface area contributed by atoms with Crippen molar-refractivity contribution >= 4 is 5.97 Å². The van der Waals surface area contributed by atoms with Crippen LogP contribution in [0, 0.1) is 5.41 Å². The maximum absolute atomic E-state index is 13.0. The first kappa shape index (κ1) is 22.1. The Bertz CT molecular complexity index is 678. The first-order valence-corrected chi connectivity index (χ1v) is 10.5. The van der Waals surface area contributed by atoms with E-state index in [4.69, 9.17) is 9.47 Å². The molecular weight excluding hydrogens is 383 g/mol. The number of ether oxygens (including phenoxy) is 2. The Hall–Kier alpha value is -1.60. The van der Waals surface area contributed by atoms with Gasteiger partial charge < -0.3 is 9.47 Å². The molecule has 1 aromatic carbocycles. The second kappa shape index (κ2) is 9.47. The van der Waals surface area contributed by atoms with Crippen molar-refractivity contribution in [3.63, 3.8) is 0 Å². The number of alkyl halides is 3. The zero-order valence-corrected chi connectivity index (χ0v) is 17.0. The Morgan fingerprint density at radius 2 is 2.03 bits per heavy atom. The largest absolute Gasteiger partial charge is 0.466 e. The van der Waals surface area contributed by atoms with Crippen molar-refractivity contribution in [2.75, 3.05) is 26.3 Å². The van der Waals surface area contributed by atoms with Crippen LogP contribution in [0.2, 0.25) is 0 Å². The molecule has 2 saturated heterocycles. The summed E-state index contributed by atoms with van der Waals surface area (Å²) in [4.78, 5) is 14.9. The topological polar surface area (TPSA) is 38.8 Å². The predicted molar refractivity (Wildman–Crippen MR) is 103 cm³/mol. The SMILES string of the molecule is CCOC(=O)C1(C[C@@H]2CCCCO2)CCN(Cc2cccc(C(F)(F)F)c2)CC1. The average molecular weight is 413 g/mol. The smallest absolute Gasteiger partial charge is 0.416 e. The summed E-state index contributed by atoms with van der Waals surface area (Å²) >= 11 is 0. The van der Waals surface area contributed by atoms with Crippen LogP contribution in [-0.4, -0.2) is 43.3 Å². The van der Waals surface area contributed by atoms with Crippen molar-refractivity contribution < 1.29 is 27.4 Å². The monoisotopic (exact) mass is 413 g/mol. The molecule has 0 N–H and O–H groups in total. The third-order valence-electron chi connectivity index (χ3n) is 6.07. The molecule has 162 valence electrons. The molecule has 0 radical (unpaired) electrons. The van der Waals surface area contributed by atoms with Crippen LogP contribution >= 0.6 is 0 Å². The summed E-state index contributed by atoms with van der Waals surface area (Å²) in [5.41, 5.74) is -0.538. The van der Waals surface area contributed by atoms with Crippen molar-refractivity contribution in [3.05, 3.63) is 35.4 Å². The van der Waals surface area contributed by atoms with Crippen LogP contribution in [0.15, 0.2) is 24.3 Å². The molecule has 0 spiro atoms. The van der Waals surface area contributed by atoms with E-state index in [0.717, 1.165) is 31.9 Å². The van der Waals surface area contributed by atoms with Crippen LogP contribution in [0.5, 0.6) is 0 Å². The van der Waals surface area contributed by atoms with E-state index in [1.807, 2.05) is 6.92 Å². The highest BCUT2D eigenvalue weighted by Crippen LogP contribution is 2.40. The number of carbonyl (C=O) groups is 1. The third-order valence-corrected chi connectivity index (χ3v) is 6.07. The van der Waals surface area contributed by atoms with E-state index < -0.39 is 17.2 Å². The minimum Gasteiger partial charge on any atom is -0.466 e. The molecule has 1 atom stereocenters. The molecule has 29 heavy (non-hydrogen) atoms. The van der Waals surface area contributed by atoms with Gasteiger partial charge in [0, 0.05) is 13.2 Å². The Morgan fingerprint density at radius 3 is 2.66 bits per heavy atom. The Balaban J connectivity index is 1.64. The minimum absolute atomic E-state index is 0.0863. The van der Waals surface area contributed by atoms with Crippen molar-refractivity contribution in [2.45, 2.75) is 64.3 Å². The zero-order chi connectivity index (χ0) is 20.9. The van der Waals surface area contributed by atoms with Gasteiger partial charge in [-0.1, -0.05) is 18.2 Å². The Morgan fingerprint density at radius 1 is 1.28 bits per heavy atom. The number of carbonyl (C=O) groups excluding carboxylic acids is 1. The summed E-state index contributed by atoms with van der Waals surface area (Å²) in [6, 6.07) is 5.47. The summed E-state index contributed by atoms with van der Waals surface area (Å²) < 4.78 is 50.1. The molecule has 7 heteroatoms. The van der Waals surface area contributed by atoms with Crippen molar-refractivity contribution in [1.29, 1.82) is 0 Å². The lowest BCUT2D eigenvalue weighted by Gasteiger charge is -2.42. The second-order valence-corrected chi connectivity index (χ2v) is 8.17. The summed E-state index contributed by atoms with van der Waals surface area (Å²) in [5.74, 6) is -0.159. The highest BCUT2D eigenvalue weighted by Gasteiger charge is 2.44. The van der Waals surface area contributed by atoms with Gasteiger partial charge in [-0.25, -0.2) is 0 Å². The van der Waals surface area contributed by atoms with Gasteiger partial charge >= 0.3 is 12.1 Å². The fourth-order valence-electron chi connectivity index (χ4n) is 4.42. The predicted octanol–water partition coefficient (Wildman–Crippen LogP) is 4.81. The van der Waals surface area contributed by atoms with Gasteiger partial charge in [-0.3, -0.25) is 9.69 Å². The van der Waals surface area contributed by atoms with Crippen LogP contribution in [0.1, 0.15) is 56.6 Å². The molecule has 2 heterocycles. The fraction of sp³-hybridized carbons (Fsp3) is 0.682. The van der Waals surface area contributed by atoms with Gasteiger partial charge in [0.25, 0.3) is 0 Å². The molecule has 0 unspecified atom stereocenters. The Kier molecular flexibility index (Phi) is 7.22. The first-order valence-electron chi connectivity index (χ1n) is 10.5. The average Bonchev–Trinajstić information content (AvgIpc) is 2.70. The van der Waals surface area contributed by atoms with Gasteiger partial charge in [0.2, 0.25) is 0 Å². The molecule has 1 aromatic rings. The summed E-state index contributed by atoms with van der Waals surface area (Å²) in [7, 11) is 0. The normalized spacial score (nSPS) is 23.0. The van der Waals surface area contributed by atoms with Gasteiger partial charge in [-0.15, -0.1) is 0 Å². The van der Waals surface area contributed by atoms with Crippen LogP contribution in [-0.2, 0) is 27.0 Å². The van der Waals surface area contributed by atoms with E-state index in [1.54, 1.807) is 6.07 Å². The molecule has 0 aliphatic carbocycles. The highest BCUT2D eigenvalue weighted by atomic mass is 19.4. The van der Waals surface area contributed by atoms with Crippen LogP contribution < -0.4 is 0 Å². The van der Waals surface area contributed by atoms with E-state index in [9.17, 15) is 18.0 Å². The minimum atomic E-state index is -4.34. The van der Waals surface area contributed by atoms with Gasteiger partial charge in [-0.05, 0) is 70.2 Å². The molecule has 2 aliphatic rings. The number of hydrogen-bond donors (Lipinski definition) is 0. The van der Waals surface area contributed by atoms with E-state index in [2.05, 4.69) is 4.90 Å². The van der Waals surface area contributed by atoms with Gasteiger partial charge in [-0.2, -0.15) is 13.2 Å². The van der Waals surface area contributed by atoms with Gasteiger partial charge in [0.15, 0.2) is 0 Å².